The number of methoxy groups -OCH3 is 1. The van der Waals surface area contributed by atoms with Gasteiger partial charge in [-0.25, -0.2) is 0 Å². The largest absolute Gasteiger partial charge is 0.384 e. The first-order chi connectivity index (χ1) is 8.83. The van der Waals surface area contributed by atoms with Crippen LogP contribution in [0.1, 0.15) is 19.3 Å². The number of guanidine groups is 1. The van der Waals surface area contributed by atoms with Gasteiger partial charge in [-0.05, 0) is 19.3 Å². The molecule has 2 aliphatic heterocycles. The van der Waals surface area contributed by atoms with E-state index < -0.39 is 0 Å². The summed E-state index contributed by atoms with van der Waals surface area (Å²) in [6.45, 7) is 4.74. The fraction of sp³-hybridized carbons (Fsp3) is 0.923. The lowest BCUT2D eigenvalue weighted by Gasteiger charge is -2.23. The van der Waals surface area contributed by atoms with Crippen LogP contribution in [-0.2, 0) is 9.47 Å². The highest BCUT2D eigenvalue weighted by atomic mass is 16.5. The molecule has 2 fully saturated rings. The molecule has 0 spiro atoms. The molecule has 5 heteroatoms. The summed E-state index contributed by atoms with van der Waals surface area (Å²) in [5.41, 5.74) is 0. The molecule has 0 aromatic rings. The smallest absolute Gasteiger partial charge is 0.193 e. The first kappa shape index (κ1) is 13.6. The third-order valence-electron chi connectivity index (χ3n) is 3.71. The van der Waals surface area contributed by atoms with Gasteiger partial charge in [-0.2, -0.15) is 0 Å². The molecule has 0 bridgehead atoms. The van der Waals surface area contributed by atoms with Gasteiger partial charge >= 0.3 is 0 Å². The minimum atomic E-state index is 0.360. The first-order valence-electron chi connectivity index (χ1n) is 6.89. The van der Waals surface area contributed by atoms with Crippen LogP contribution in [0.3, 0.4) is 0 Å². The van der Waals surface area contributed by atoms with Gasteiger partial charge in [0.05, 0.1) is 12.7 Å². The molecule has 5 nitrogen and oxygen atoms in total. The molecule has 0 aromatic carbocycles. The van der Waals surface area contributed by atoms with Crippen LogP contribution in [0.2, 0.25) is 0 Å². The molecule has 0 amide bonds. The highest BCUT2D eigenvalue weighted by Gasteiger charge is 2.25. The van der Waals surface area contributed by atoms with E-state index in [-0.39, 0.29) is 0 Å². The molecule has 2 atom stereocenters. The third kappa shape index (κ3) is 3.59. The van der Waals surface area contributed by atoms with Crippen LogP contribution in [-0.4, -0.2) is 64.0 Å². The molecule has 2 aliphatic rings. The standard InChI is InChI=1S/C13H25N3O2/c1-14-13(15-8-12-4-3-7-18-12)16-6-5-11(9-16)10-17-2/h11-12H,3-10H2,1-2H3,(H,14,15). The Bertz CT molecular complexity index is 277. The van der Waals surface area contributed by atoms with E-state index in [1.165, 1.54) is 12.8 Å². The Morgan fingerprint density at radius 1 is 1.50 bits per heavy atom. The Balaban J connectivity index is 1.75. The number of nitrogens with one attached hydrogen (secondary N) is 1. The molecule has 2 unspecified atom stereocenters. The van der Waals surface area contributed by atoms with Crippen molar-refractivity contribution in [3.63, 3.8) is 0 Å². The van der Waals surface area contributed by atoms with Crippen molar-refractivity contribution in [1.29, 1.82) is 0 Å². The summed E-state index contributed by atoms with van der Waals surface area (Å²) in [7, 11) is 3.62. The van der Waals surface area contributed by atoms with Crippen LogP contribution in [0.5, 0.6) is 0 Å². The van der Waals surface area contributed by atoms with Gasteiger partial charge in [0.2, 0.25) is 0 Å². The van der Waals surface area contributed by atoms with Gasteiger partial charge in [0.15, 0.2) is 5.96 Å². The zero-order valence-electron chi connectivity index (χ0n) is 11.5. The van der Waals surface area contributed by atoms with Gasteiger partial charge in [-0.15, -0.1) is 0 Å². The van der Waals surface area contributed by atoms with Gasteiger partial charge in [-0.3, -0.25) is 4.99 Å². The molecule has 0 saturated carbocycles. The summed E-state index contributed by atoms with van der Waals surface area (Å²) in [5, 5.41) is 3.43. The van der Waals surface area contributed by atoms with E-state index in [2.05, 4.69) is 15.2 Å². The molecule has 2 rings (SSSR count). The number of rotatable bonds is 4. The normalized spacial score (nSPS) is 29.0. The SMILES string of the molecule is CN=C(NCC1CCCO1)N1CCC(COC)C1. The van der Waals surface area contributed by atoms with Crippen molar-refractivity contribution in [2.24, 2.45) is 10.9 Å². The number of hydrogen-bond acceptors (Lipinski definition) is 3. The van der Waals surface area contributed by atoms with Crippen LogP contribution in [0.25, 0.3) is 0 Å². The molecule has 2 saturated heterocycles. The van der Waals surface area contributed by atoms with Crippen molar-refractivity contribution in [2.45, 2.75) is 25.4 Å². The fourth-order valence-corrected chi connectivity index (χ4v) is 2.74. The maximum Gasteiger partial charge on any atom is 0.193 e. The van der Waals surface area contributed by atoms with Gasteiger partial charge in [0.25, 0.3) is 0 Å². The first-order valence-corrected chi connectivity index (χ1v) is 6.89. The van der Waals surface area contributed by atoms with Crippen molar-refractivity contribution >= 4 is 5.96 Å². The van der Waals surface area contributed by atoms with Gasteiger partial charge in [-0.1, -0.05) is 0 Å². The maximum absolute atomic E-state index is 5.61. The third-order valence-corrected chi connectivity index (χ3v) is 3.71. The lowest BCUT2D eigenvalue weighted by Crippen LogP contribution is -2.43. The lowest BCUT2D eigenvalue weighted by molar-refractivity contribution is 0.113. The summed E-state index contributed by atoms with van der Waals surface area (Å²) in [6, 6.07) is 0. The van der Waals surface area contributed by atoms with Gasteiger partial charge < -0.3 is 19.7 Å². The molecule has 1 N–H and O–H groups in total. The molecule has 104 valence electrons. The molecular formula is C13H25N3O2. The highest BCUT2D eigenvalue weighted by Crippen LogP contribution is 2.16. The quantitative estimate of drug-likeness (QED) is 0.593. The molecule has 2 heterocycles. The minimum absolute atomic E-state index is 0.360. The van der Waals surface area contributed by atoms with Crippen molar-refractivity contribution in [3.8, 4) is 0 Å². The van der Waals surface area contributed by atoms with Crippen LogP contribution in [0.4, 0.5) is 0 Å². The topological polar surface area (TPSA) is 46.1 Å². The molecule has 18 heavy (non-hydrogen) atoms. The molecule has 0 radical (unpaired) electrons. The van der Waals surface area contributed by atoms with Crippen molar-refractivity contribution in [2.75, 3.05) is 47.0 Å². The average Bonchev–Trinajstić information content (AvgIpc) is 3.02. The van der Waals surface area contributed by atoms with E-state index in [0.717, 1.165) is 45.2 Å². The highest BCUT2D eigenvalue weighted by molar-refractivity contribution is 5.80. The second kappa shape index (κ2) is 6.95. The predicted molar refractivity (Wildman–Crippen MR) is 71.9 cm³/mol. The zero-order valence-corrected chi connectivity index (χ0v) is 11.5. The minimum Gasteiger partial charge on any atom is -0.384 e. The van der Waals surface area contributed by atoms with E-state index in [4.69, 9.17) is 9.47 Å². The number of hydrogen-bond donors (Lipinski definition) is 1. The number of likely N-dealkylation sites (tertiary alicyclic amines) is 1. The number of aliphatic imine (C=N–C) groups is 1. The van der Waals surface area contributed by atoms with E-state index in [9.17, 15) is 0 Å². The molecule has 0 aromatic heterocycles. The Hall–Kier alpha value is -0.810. The van der Waals surface area contributed by atoms with Crippen molar-refractivity contribution in [1.82, 2.24) is 10.2 Å². The second-order valence-corrected chi connectivity index (χ2v) is 5.12. The van der Waals surface area contributed by atoms with Crippen LogP contribution < -0.4 is 5.32 Å². The Labute approximate surface area is 110 Å². The summed E-state index contributed by atoms with van der Waals surface area (Å²) in [5.74, 6) is 1.64. The van der Waals surface area contributed by atoms with Crippen LogP contribution in [0, 0.1) is 5.92 Å². The Morgan fingerprint density at radius 2 is 2.39 bits per heavy atom. The Kier molecular flexibility index (Phi) is 5.26. The van der Waals surface area contributed by atoms with Gasteiger partial charge in [0, 0.05) is 46.3 Å². The fourth-order valence-electron chi connectivity index (χ4n) is 2.74. The Morgan fingerprint density at radius 3 is 3.06 bits per heavy atom. The van der Waals surface area contributed by atoms with Crippen molar-refractivity contribution < 1.29 is 9.47 Å². The van der Waals surface area contributed by atoms with E-state index >= 15 is 0 Å². The van der Waals surface area contributed by atoms with E-state index in [0.29, 0.717) is 12.0 Å². The van der Waals surface area contributed by atoms with Crippen LogP contribution in [0.15, 0.2) is 4.99 Å². The summed E-state index contributed by atoms with van der Waals surface area (Å²) >= 11 is 0. The summed E-state index contributed by atoms with van der Waals surface area (Å²) < 4.78 is 10.8. The second-order valence-electron chi connectivity index (χ2n) is 5.12. The average molecular weight is 255 g/mol. The summed E-state index contributed by atoms with van der Waals surface area (Å²) in [6.07, 6.45) is 3.90. The molecular weight excluding hydrogens is 230 g/mol. The summed E-state index contributed by atoms with van der Waals surface area (Å²) in [4.78, 5) is 6.68. The zero-order chi connectivity index (χ0) is 12.8. The number of ether oxygens (including phenoxy) is 2. The van der Waals surface area contributed by atoms with Crippen LogP contribution >= 0.6 is 0 Å². The monoisotopic (exact) mass is 255 g/mol. The molecule has 0 aliphatic carbocycles. The lowest BCUT2D eigenvalue weighted by atomic mass is 10.1. The van der Waals surface area contributed by atoms with E-state index in [1.807, 2.05) is 7.05 Å². The van der Waals surface area contributed by atoms with Crippen molar-refractivity contribution in [3.05, 3.63) is 0 Å². The maximum atomic E-state index is 5.61. The number of nitrogens with zero attached hydrogens (tertiary/aromatic N) is 2. The van der Waals surface area contributed by atoms with E-state index in [1.54, 1.807) is 7.11 Å². The predicted octanol–water partition coefficient (Wildman–Crippen LogP) is 0.709. The van der Waals surface area contributed by atoms with Gasteiger partial charge in [0.1, 0.15) is 0 Å².